The fourth-order valence-electron chi connectivity index (χ4n) is 9.22. The molecule has 14 nitrogen and oxygen atoms in total. The minimum absolute atomic E-state index is 0.137. The highest BCUT2D eigenvalue weighted by molar-refractivity contribution is 7.27. The summed E-state index contributed by atoms with van der Waals surface area (Å²) in [5, 5.41) is 9.88. The maximum atomic E-state index is 14.0. The molecule has 4 atom stereocenters. The molecule has 10 rings (SSSR count). The number of nitrogens with one attached hydrogen (secondary N) is 4. The first-order chi connectivity index (χ1) is 32.6. The number of rotatable bonds is 11. The number of ether oxygens (including phenoxy) is 2. The van der Waals surface area contributed by atoms with E-state index in [9.17, 15) is 19.2 Å². The Bertz CT molecular complexity index is 3190. The number of carbonyl (C=O) groups is 4. The van der Waals surface area contributed by atoms with Crippen molar-refractivity contribution in [1.29, 1.82) is 0 Å². The van der Waals surface area contributed by atoms with E-state index in [2.05, 4.69) is 79.9 Å². The van der Waals surface area contributed by atoms with Crippen molar-refractivity contribution in [3.63, 3.8) is 0 Å². The van der Waals surface area contributed by atoms with Gasteiger partial charge in [-0.05, 0) is 70.8 Å². The first kappa shape index (κ1) is 43.6. The zero-order valence-corrected chi connectivity index (χ0v) is 38.9. The van der Waals surface area contributed by atoms with Crippen molar-refractivity contribution in [1.82, 2.24) is 40.4 Å². The molecular formula is C51H48N8O6S2. The molecule has 4 aromatic heterocycles. The summed E-state index contributed by atoms with van der Waals surface area (Å²) in [7, 11) is 2.57. The van der Waals surface area contributed by atoms with Gasteiger partial charge in [-0.3, -0.25) is 9.59 Å². The van der Waals surface area contributed by atoms with Crippen LogP contribution in [-0.4, -0.2) is 87.1 Å². The lowest BCUT2D eigenvalue weighted by Crippen LogP contribution is -2.51. The highest BCUT2D eigenvalue weighted by Gasteiger charge is 2.38. The number of imidazole rings is 2. The van der Waals surface area contributed by atoms with Gasteiger partial charge in [0, 0.05) is 35.0 Å². The van der Waals surface area contributed by atoms with Crippen molar-refractivity contribution in [3.05, 3.63) is 131 Å². The van der Waals surface area contributed by atoms with Gasteiger partial charge in [0.2, 0.25) is 5.91 Å². The minimum Gasteiger partial charge on any atom is -0.453 e. The van der Waals surface area contributed by atoms with E-state index in [0.29, 0.717) is 24.5 Å². The number of methoxy groups -OCH3 is 2. The summed E-state index contributed by atoms with van der Waals surface area (Å²) >= 11 is 3.47. The summed E-state index contributed by atoms with van der Waals surface area (Å²) in [4.78, 5) is 72.5. The Morgan fingerprint density at radius 1 is 0.701 bits per heavy atom. The molecule has 2 aliphatic rings. The van der Waals surface area contributed by atoms with Crippen molar-refractivity contribution in [3.8, 4) is 33.4 Å². The Balaban J connectivity index is 0.851. The lowest BCUT2D eigenvalue weighted by molar-refractivity contribution is -0.135. The lowest BCUT2D eigenvalue weighted by Gasteiger charge is -2.29. The maximum absolute atomic E-state index is 14.0. The second-order valence-corrected chi connectivity index (χ2v) is 18.9. The Morgan fingerprint density at radius 2 is 1.30 bits per heavy atom. The number of nitrogens with zero attached hydrogens (tertiary/aromatic N) is 4. The number of fused-ring (bicyclic) bond motifs is 3. The van der Waals surface area contributed by atoms with E-state index in [-0.39, 0.29) is 23.8 Å². The standard InChI is InChI=1S/C51H48N8O6S2/c1-28(2)42(56-50(62)64-3)48(60)58-22-8-12-40(58)46-53-37-21-19-33(25-39(37)55-46)35-27-67-44-34(26-66-45(35)44)30-16-14-29(15-17-30)32-18-20-36-38(24-32)54-47(52-36)41-13-9-23-59(41)49(61)43(57-51(63)65-4)31-10-6-5-7-11-31/h5-8,10-12,14-21,24-28,40-43H,9,13,22-23H2,1-4H3,(H,52,54)(H,53,55)(H,56,62)(H,57,63)/t40?,41?,42-,43+/m0/s1. The summed E-state index contributed by atoms with van der Waals surface area (Å²) < 4.78 is 12.1. The minimum atomic E-state index is -0.884. The van der Waals surface area contributed by atoms with Gasteiger partial charge in [0.15, 0.2) is 0 Å². The maximum Gasteiger partial charge on any atom is 0.407 e. The number of hydrogen-bond donors (Lipinski definition) is 4. The smallest absolute Gasteiger partial charge is 0.407 e. The second kappa shape index (κ2) is 18.2. The van der Waals surface area contributed by atoms with Crippen molar-refractivity contribution in [2.45, 2.75) is 50.9 Å². The van der Waals surface area contributed by atoms with Crippen LogP contribution in [-0.2, 0) is 19.1 Å². The van der Waals surface area contributed by atoms with Crippen LogP contribution >= 0.6 is 22.7 Å². The molecule has 16 heteroatoms. The topological polar surface area (TPSA) is 175 Å². The summed E-state index contributed by atoms with van der Waals surface area (Å²) in [5.41, 5.74) is 10.7. The van der Waals surface area contributed by atoms with Gasteiger partial charge in [0.05, 0.1) is 51.7 Å². The normalized spacial score (nSPS) is 16.9. The molecule has 1 fully saturated rings. The number of thiophene rings is 2. The SMILES string of the molecule is COC(=O)N[C@H](C(=O)N1CC=CC1c1nc2ccc(-c3csc4c(-c5ccc(-c6ccc7nc(C8CCCN8C(=O)[C@H](NC(=O)OC)c8ccccc8)[nH]c7c6)cc5)csc34)cc2[nH]1)C(C)C. The monoisotopic (exact) mass is 932 g/mol. The molecule has 0 saturated carbocycles. The summed E-state index contributed by atoms with van der Waals surface area (Å²) in [6.07, 6.45) is 4.18. The lowest BCUT2D eigenvalue weighted by atomic mass is 10.0. The predicted octanol–water partition coefficient (Wildman–Crippen LogP) is 10.3. The fraction of sp³-hybridized carbons (Fsp3) is 0.255. The highest BCUT2D eigenvalue weighted by Crippen LogP contribution is 2.45. The van der Waals surface area contributed by atoms with Gasteiger partial charge in [-0.2, -0.15) is 0 Å². The Morgan fingerprint density at radius 3 is 1.99 bits per heavy atom. The molecule has 0 aliphatic carbocycles. The van der Waals surface area contributed by atoms with Crippen molar-refractivity contribution < 1.29 is 28.7 Å². The molecule has 67 heavy (non-hydrogen) atoms. The second-order valence-electron chi connectivity index (χ2n) is 17.1. The highest BCUT2D eigenvalue weighted by atomic mass is 32.1. The fourth-order valence-corrected chi connectivity index (χ4v) is 11.7. The van der Waals surface area contributed by atoms with Crippen LogP contribution in [0.25, 0.3) is 64.8 Å². The molecule has 340 valence electrons. The van der Waals surface area contributed by atoms with Gasteiger partial charge >= 0.3 is 12.2 Å². The quantitative estimate of drug-likeness (QED) is 0.0927. The summed E-state index contributed by atoms with van der Waals surface area (Å²) in [6, 6.07) is 28.0. The third-order valence-corrected chi connectivity index (χ3v) is 14.9. The first-order valence-corrected chi connectivity index (χ1v) is 23.9. The summed E-state index contributed by atoms with van der Waals surface area (Å²) in [5.74, 6) is 0.845. The molecule has 1 saturated heterocycles. The molecule has 2 unspecified atom stereocenters. The van der Waals surface area contributed by atoms with Crippen LogP contribution in [0, 0.1) is 5.92 Å². The Labute approximate surface area is 394 Å². The average Bonchev–Trinajstić information content (AvgIpc) is 4.22. The number of carbonyl (C=O) groups excluding carboxylic acids is 4. The first-order valence-electron chi connectivity index (χ1n) is 22.2. The molecule has 8 aromatic rings. The van der Waals surface area contributed by atoms with Gasteiger partial charge in [-0.15, -0.1) is 22.7 Å². The van der Waals surface area contributed by atoms with Gasteiger partial charge in [-0.25, -0.2) is 19.6 Å². The molecule has 4 amide bonds. The number of alkyl carbamates (subject to hydrolysis) is 2. The number of likely N-dealkylation sites (tertiary alicyclic amines) is 1. The van der Waals surface area contributed by atoms with Gasteiger partial charge < -0.3 is 39.9 Å². The van der Waals surface area contributed by atoms with E-state index in [4.69, 9.17) is 19.4 Å². The largest absolute Gasteiger partial charge is 0.453 e. The summed E-state index contributed by atoms with van der Waals surface area (Å²) in [6.45, 7) is 4.76. The number of amides is 4. The molecule has 0 spiro atoms. The molecule has 2 aliphatic heterocycles. The molecule has 4 N–H and O–H groups in total. The number of aromatic amines is 2. The van der Waals surface area contributed by atoms with Crippen molar-refractivity contribution in [2.75, 3.05) is 27.3 Å². The van der Waals surface area contributed by atoms with E-state index in [1.807, 2.05) is 73.4 Å². The van der Waals surface area contributed by atoms with Crippen molar-refractivity contribution >= 4 is 78.1 Å². The molecule has 0 bridgehead atoms. The third-order valence-electron chi connectivity index (χ3n) is 12.7. The van der Waals surface area contributed by atoms with Crippen LogP contribution in [0.3, 0.4) is 0 Å². The van der Waals surface area contributed by atoms with Crippen LogP contribution in [0.5, 0.6) is 0 Å². The molecule has 6 heterocycles. The van der Waals surface area contributed by atoms with Gasteiger partial charge in [-0.1, -0.05) is 92.7 Å². The van der Waals surface area contributed by atoms with E-state index >= 15 is 0 Å². The number of H-pyrrole nitrogens is 2. The van der Waals surface area contributed by atoms with Crippen LogP contribution in [0.1, 0.15) is 62.0 Å². The van der Waals surface area contributed by atoms with Crippen LogP contribution in [0.4, 0.5) is 9.59 Å². The average molecular weight is 933 g/mol. The number of aromatic nitrogens is 4. The van der Waals surface area contributed by atoms with Crippen LogP contribution in [0.15, 0.2) is 114 Å². The van der Waals surface area contributed by atoms with Gasteiger partial charge in [0.25, 0.3) is 5.91 Å². The molecule has 4 aromatic carbocycles. The zero-order valence-electron chi connectivity index (χ0n) is 37.2. The van der Waals surface area contributed by atoms with Gasteiger partial charge in [0.1, 0.15) is 29.8 Å². The van der Waals surface area contributed by atoms with E-state index in [1.54, 1.807) is 27.6 Å². The van der Waals surface area contributed by atoms with E-state index < -0.39 is 30.3 Å². The molecular weight excluding hydrogens is 885 g/mol. The van der Waals surface area contributed by atoms with Crippen LogP contribution < -0.4 is 10.6 Å². The number of hydrogen-bond acceptors (Lipinski definition) is 10. The van der Waals surface area contributed by atoms with E-state index in [1.165, 1.54) is 29.2 Å². The Hall–Kier alpha value is -7.30. The van der Waals surface area contributed by atoms with Crippen LogP contribution in [0.2, 0.25) is 0 Å². The zero-order chi connectivity index (χ0) is 46.3. The van der Waals surface area contributed by atoms with Crippen molar-refractivity contribution in [2.24, 2.45) is 5.92 Å². The number of benzene rings is 4. The van der Waals surface area contributed by atoms with E-state index in [0.717, 1.165) is 68.6 Å². The third kappa shape index (κ3) is 8.31. The molecule has 0 radical (unpaired) electrons. The Kier molecular flexibility index (Phi) is 11.8. The predicted molar refractivity (Wildman–Crippen MR) is 261 cm³/mol.